The van der Waals surface area contributed by atoms with Crippen LogP contribution in [0.15, 0.2) is 18.2 Å². The molecule has 1 saturated heterocycles. The fourth-order valence-corrected chi connectivity index (χ4v) is 4.96. The van der Waals surface area contributed by atoms with Crippen molar-refractivity contribution in [3.05, 3.63) is 28.2 Å². The molecule has 9 heteroatoms. The number of sulfone groups is 1. The topological polar surface area (TPSA) is 83.6 Å². The van der Waals surface area contributed by atoms with Gasteiger partial charge in [-0.2, -0.15) is 0 Å². The van der Waals surface area contributed by atoms with Crippen molar-refractivity contribution in [2.24, 2.45) is 0 Å². The summed E-state index contributed by atoms with van der Waals surface area (Å²) in [4.78, 5) is 26.4. The Labute approximate surface area is 170 Å². The van der Waals surface area contributed by atoms with Gasteiger partial charge in [0.15, 0.2) is 9.84 Å². The van der Waals surface area contributed by atoms with E-state index in [1.54, 1.807) is 18.2 Å². The summed E-state index contributed by atoms with van der Waals surface area (Å²) in [7, 11) is -3.47. The molecule has 2 amide bonds. The summed E-state index contributed by atoms with van der Waals surface area (Å²) in [5.41, 5.74) is 0.434. The fourth-order valence-electron chi connectivity index (χ4n) is 3.10. The molecule has 0 radical (unpaired) electrons. The van der Waals surface area contributed by atoms with E-state index in [1.165, 1.54) is 4.90 Å². The summed E-state index contributed by atoms with van der Waals surface area (Å²) in [6.45, 7) is 2.36. The van der Waals surface area contributed by atoms with E-state index in [2.05, 4.69) is 5.32 Å². The summed E-state index contributed by atoms with van der Waals surface area (Å²) >= 11 is 11.9. The highest BCUT2D eigenvalue weighted by Gasteiger charge is 2.35. The zero-order chi connectivity index (χ0) is 20.0. The normalized spacial score (nSPS) is 17.1. The molecule has 1 unspecified atom stereocenters. The number of amides is 2. The Kier molecular flexibility index (Phi) is 7.94. The van der Waals surface area contributed by atoms with Gasteiger partial charge in [0, 0.05) is 22.3 Å². The molecule has 1 atom stereocenters. The van der Waals surface area contributed by atoms with Gasteiger partial charge in [-0.3, -0.25) is 9.59 Å². The molecule has 2 rings (SSSR count). The lowest BCUT2D eigenvalue weighted by Crippen LogP contribution is -2.45. The van der Waals surface area contributed by atoms with Gasteiger partial charge in [0.05, 0.1) is 5.75 Å². The average Bonchev–Trinajstić information content (AvgIpc) is 3.03. The highest BCUT2D eigenvalue weighted by atomic mass is 35.5. The molecule has 1 aromatic carbocycles. The smallest absolute Gasteiger partial charge is 0.247 e. The number of hydrogen-bond acceptors (Lipinski definition) is 4. The minimum atomic E-state index is -3.47. The van der Waals surface area contributed by atoms with E-state index in [-0.39, 0.29) is 11.7 Å². The monoisotopic (exact) mass is 434 g/mol. The van der Waals surface area contributed by atoms with Gasteiger partial charge in [0.25, 0.3) is 0 Å². The molecule has 1 N–H and O–H groups in total. The zero-order valence-corrected chi connectivity index (χ0v) is 17.5. The summed E-state index contributed by atoms with van der Waals surface area (Å²) in [5.74, 6) is -1.45. The second-order valence-corrected chi connectivity index (χ2v) is 9.75. The first-order chi connectivity index (χ1) is 12.7. The van der Waals surface area contributed by atoms with Crippen LogP contribution in [0, 0.1) is 0 Å². The summed E-state index contributed by atoms with van der Waals surface area (Å²) in [6.07, 6.45) is 3.40. The first kappa shape index (κ1) is 22.0. The van der Waals surface area contributed by atoms with E-state index in [1.807, 2.05) is 6.92 Å². The van der Waals surface area contributed by atoms with Crippen molar-refractivity contribution in [2.75, 3.05) is 23.4 Å². The number of nitrogens with one attached hydrogen (secondary N) is 1. The summed E-state index contributed by atoms with van der Waals surface area (Å²) in [6, 6.07) is 3.98. The highest BCUT2D eigenvalue weighted by Crippen LogP contribution is 2.24. The van der Waals surface area contributed by atoms with Crippen LogP contribution in [0.5, 0.6) is 0 Å². The molecule has 1 aliphatic rings. The summed E-state index contributed by atoms with van der Waals surface area (Å²) < 4.78 is 24.3. The molecule has 1 heterocycles. The maximum Gasteiger partial charge on any atom is 0.247 e. The minimum Gasteiger partial charge on any atom is -0.330 e. The van der Waals surface area contributed by atoms with E-state index in [0.29, 0.717) is 41.5 Å². The predicted octanol–water partition coefficient (Wildman–Crippen LogP) is 3.53. The van der Waals surface area contributed by atoms with Crippen LogP contribution in [-0.4, -0.2) is 49.2 Å². The van der Waals surface area contributed by atoms with Crippen molar-refractivity contribution in [2.45, 2.75) is 45.1 Å². The lowest BCUT2D eigenvalue weighted by atomic mass is 10.2. The Balaban J connectivity index is 2.00. The number of carbonyl (C=O) groups excluding carboxylic acids is 2. The maximum atomic E-state index is 12.6. The van der Waals surface area contributed by atoms with Crippen LogP contribution in [0.1, 0.15) is 39.0 Å². The number of nitrogens with zero attached hydrogens (tertiary/aromatic N) is 1. The number of benzene rings is 1. The lowest BCUT2D eigenvalue weighted by Gasteiger charge is -2.24. The van der Waals surface area contributed by atoms with Gasteiger partial charge in [-0.1, -0.05) is 43.0 Å². The predicted molar refractivity (Wildman–Crippen MR) is 108 cm³/mol. The zero-order valence-electron chi connectivity index (χ0n) is 15.2. The van der Waals surface area contributed by atoms with E-state index in [4.69, 9.17) is 23.2 Å². The number of carbonyl (C=O) groups is 2. The van der Waals surface area contributed by atoms with Gasteiger partial charge in [0.2, 0.25) is 11.8 Å². The second-order valence-electron chi connectivity index (χ2n) is 6.69. The van der Waals surface area contributed by atoms with E-state index < -0.39 is 27.5 Å². The van der Waals surface area contributed by atoms with Crippen molar-refractivity contribution >= 4 is 50.5 Å². The van der Waals surface area contributed by atoms with Gasteiger partial charge in [0.1, 0.15) is 11.8 Å². The second kappa shape index (κ2) is 9.75. The average molecular weight is 435 g/mol. The molecular weight excluding hydrogens is 411 g/mol. The number of likely N-dealkylation sites (tertiary alicyclic amines) is 1. The van der Waals surface area contributed by atoms with Crippen molar-refractivity contribution in [3.63, 3.8) is 0 Å². The van der Waals surface area contributed by atoms with Gasteiger partial charge < -0.3 is 10.2 Å². The Hall–Kier alpha value is -1.31. The third-order valence-corrected chi connectivity index (χ3v) is 6.44. The molecule has 0 aliphatic carbocycles. The molecule has 0 spiro atoms. The molecule has 6 nitrogen and oxygen atoms in total. The summed E-state index contributed by atoms with van der Waals surface area (Å²) in [5, 5.41) is 3.47. The van der Waals surface area contributed by atoms with Gasteiger partial charge in [-0.25, -0.2) is 8.42 Å². The van der Waals surface area contributed by atoms with Crippen LogP contribution in [-0.2, 0) is 19.4 Å². The highest BCUT2D eigenvalue weighted by molar-refractivity contribution is 7.92. The fraction of sp³-hybridized carbons (Fsp3) is 0.556. The molecule has 0 saturated carbocycles. The van der Waals surface area contributed by atoms with Crippen molar-refractivity contribution < 1.29 is 18.0 Å². The molecule has 1 aliphatic heterocycles. The standard InChI is InChI=1S/C18H24Cl2N2O4S/c1-2-3-4-8-27(25,26)12-17(23)22-7-5-6-16(22)18(24)21-15-10-13(19)9-14(20)11-15/h9-11,16H,2-8,12H2,1H3,(H,21,24). The van der Waals surface area contributed by atoms with Gasteiger partial charge in [-0.05, 0) is 37.5 Å². The molecular formula is C18H24Cl2N2O4S. The quantitative estimate of drug-likeness (QED) is 0.634. The first-order valence-corrected chi connectivity index (χ1v) is 11.6. The SMILES string of the molecule is CCCCCS(=O)(=O)CC(=O)N1CCCC1C(=O)Nc1cc(Cl)cc(Cl)c1. The van der Waals surface area contributed by atoms with Crippen molar-refractivity contribution in [1.82, 2.24) is 4.90 Å². The number of halogens is 2. The van der Waals surface area contributed by atoms with E-state index in [0.717, 1.165) is 12.8 Å². The Morgan fingerprint density at radius 2 is 1.85 bits per heavy atom. The minimum absolute atomic E-state index is 0.00169. The Morgan fingerprint density at radius 1 is 1.19 bits per heavy atom. The molecule has 1 aromatic rings. The Morgan fingerprint density at radius 3 is 2.48 bits per heavy atom. The number of anilines is 1. The van der Waals surface area contributed by atoms with E-state index >= 15 is 0 Å². The lowest BCUT2D eigenvalue weighted by molar-refractivity contribution is -0.134. The van der Waals surface area contributed by atoms with Crippen LogP contribution in [0.3, 0.4) is 0 Å². The van der Waals surface area contributed by atoms with Crippen LogP contribution in [0.25, 0.3) is 0 Å². The molecule has 27 heavy (non-hydrogen) atoms. The number of rotatable bonds is 8. The first-order valence-electron chi connectivity index (χ1n) is 8.98. The van der Waals surface area contributed by atoms with Crippen LogP contribution < -0.4 is 5.32 Å². The Bertz CT molecular complexity index is 778. The molecule has 0 bridgehead atoms. The number of hydrogen-bond donors (Lipinski definition) is 1. The van der Waals surface area contributed by atoms with Crippen molar-refractivity contribution in [3.8, 4) is 0 Å². The van der Waals surface area contributed by atoms with Crippen LogP contribution in [0.2, 0.25) is 10.0 Å². The van der Waals surface area contributed by atoms with Gasteiger partial charge >= 0.3 is 0 Å². The number of unbranched alkanes of at least 4 members (excludes halogenated alkanes) is 2. The largest absolute Gasteiger partial charge is 0.330 e. The van der Waals surface area contributed by atoms with Crippen LogP contribution in [0.4, 0.5) is 5.69 Å². The third-order valence-electron chi connectivity index (χ3n) is 4.41. The molecule has 1 fully saturated rings. The van der Waals surface area contributed by atoms with Gasteiger partial charge in [-0.15, -0.1) is 0 Å². The van der Waals surface area contributed by atoms with E-state index in [9.17, 15) is 18.0 Å². The molecule has 150 valence electrons. The maximum absolute atomic E-state index is 12.6. The van der Waals surface area contributed by atoms with Crippen LogP contribution >= 0.6 is 23.2 Å². The third kappa shape index (κ3) is 6.66. The molecule has 0 aromatic heterocycles. The van der Waals surface area contributed by atoms with Crippen molar-refractivity contribution in [1.29, 1.82) is 0 Å².